The number of hydrogen-bond acceptors (Lipinski definition) is 4. The van der Waals surface area contributed by atoms with Crippen molar-refractivity contribution in [3.63, 3.8) is 0 Å². The van der Waals surface area contributed by atoms with Crippen LogP contribution in [0.25, 0.3) is 16.3 Å². The number of rotatable bonds is 6. The van der Waals surface area contributed by atoms with E-state index >= 15 is 0 Å². The molecule has 2 aromatic heterocycles. The first-order valence-electron chi connectivity index (χ1n) is 9.25. The van der Waals surface area contributed by atoms with Gasteiger partial charge in [0.2, 0.25) is 5.91 Å². The molecule has 0 saturated heterocycles. The predicted molar refractivity (Wildman–Crippen MR) is 124 cm³/mol. The molecular formula is C23H17Cl2N3OS. The first kappa shape index (κ1) is 20.5. The highest BCUT2D eigenvalue weighted by atomic mass is 35.5. The van der Waals surface area contributed by atoms with Crippen molar-refractivity contribution < 1.29 is 4.79 Å². The first-order valence-corrected chi connectivity index (χ1v) is 10.8. The molecule has 0 atom stereocenters. The van der Waals surface area contributed by atoms with Crippen molar-refractivity contribution in [2.45, 2.75) is 13.1 Å². The summed E-state index contributed by atoms with van der Waals surface area (Å²) in [7, 11) is 0. The number of pyridine rings is 1. The van der Waals surface area contributed by atoms with Gasteiger partial charge in [-0.3, -0.25) is 9.78 Å². The van der Waals surface area contributed by atoms with E-state index in [2.05, 4.69) is 9.97 Å². The maximum Gasteiger partial charge on any atom is 0.247 e. The Hall–Kier alpha value is -2.73. The number of para-hydroxylation sites is 1. The fourth-order valence-electron chi connectivity index (χ4n) is 2.97. The second kappa shape index (κ2) is 9.39. The number of benzene rings is 2. The van der Waals surface area contributed by atoms with Crippen molar-refractivity contribution in [2.24, 2.45) is 0 Å². The number of halogens is 2. The van der Waals surface area contributed by atoms with Gasteiger partial charge in [-0.05, 0) is 48.0 Å². The normalized spacial score (nSPS) is 11.3. The van der Waals surface area contributed by atoms with Crippen molar-refractivity contribution in [3.8, 4) is 0 Å². The van der Waals surface area contributed by atoms with Crippen LogP contribution in [0.5, 0.6) is 0 Å². The molecule has 4 rings (SSSR count). The third-order valence-electron chi connectivity index (χ3n) is 4.43. The lowest BCUT2D eigenvalue weighted by Gasteiger charge is -2.21. The van der Waals surface area contributed by atoms with Crippen LogP contribution in [0, 0.1) is 0 Å². The van der Waals surface area contributed by atoms with Gasteiger partial charge in [0, 0.05) is 18.8 Å². The van der Waals surface area contributed by atoms with Crippen LogP contribution in [0.3, 0.4) is 0 Å². The minimum atomic E-state index is -0.133. The zero-order valence-corrected chi connectivity index (χ0v) is 18.2. The fraction of sp³-hybridized carbons (Fsp3) is 0.0870. The number of hydrogen-bond donors (Lipinski definition) is 0. The molecular weight excluding hydrogens is 437 g/mol. The Bertz CT molecular complexity index is 1170. The van der Waals surface area contributed by atoms with E-state index in [1.54, 1.807) is 46.7 Å². The third-order valence-corrected chi connectivity index (χ3v) is 6.17. The second-order valence-electron chi connectivity index (χ2n) is 6.62. The molecule has 7 heteroatoms. The van der Waals surface area contributed by atoms with Crippen LogP contribution in [0.1, 0.15) is 16.3 Å². The summed E-state index contributed by atoms with van der Waals surface area (Å²) in [6.07, 6.45) is 5.03. The van der Waals surface area contributed by atoms with Gasteiger partial charge in [-0.15, -0.1) is 11.3 Å². The number of nitrogens with zero attached hydrogens (tertiary/aromatic N) is 3. The molecule has 0 aliphatic carbocycles. The van der Waals surface area contributed by atoms with E-state index in [0.717, 1.165) is 26.5 Å². The minimum Gasteiger partial charge on any atom is -0.329 e. The molecule has 1 amide bonds. The Morgan fingerprint density at radius 2 is 1.83 bits per heavy atom. The Labute approximate surface area is 188 Å². The highest BCUT2D eigenvalue weighted by Gasteiger charge is 2.14. The fourth-order valence-corrected chi connectivity index (χ4v) is 4.16. The summed E-state index contributed by atoms with van der Waals surface area (Å²) in [6.45, 7) is 0.764. The van der Waals surface area contributed by atoms with Crippen LogP contribution in [0.15, 0.2) is 72.9 Å². The van der Waals surface area contributed by atoms with Crippen molar-refractivity contribution in [1.82, 2.24) is 14.9 Å². The predicted octanol–water partition coefficient (Wildman–Crippen LogP) is 6.24. The van der Waals surface area contributed by atoms with Gasteiger partial charge in [0.25, 0.3) is 0 Å². The van der Waals surface area contributed by atoms with E-state index in [0.29, 0.717) is 23.1 Å². The zero-order chi connectivity index (χ0) is 20.9. The van der Waals surface area contributed by atoms with Crippen molar-refractivity contribution in [1.29, 1.82) is 0 Å². The molecule has 30 heavy (non-hydrogen) atoms. The molecule has 4 aromatic rings. The van der Waals surface area contributed by atoms with E-state index in [1.807, 2.05) is 48.5 Å². The summed E-state index contributed by atoms with van der Waals surface area (Å²) in [6, 6.07) is 18.9. The molecule has 0 aliphatic rings. The number of fused-ring (bicyclic) bond motifs is 1. The van der Waals surface area contributed by atoms with Crippen LogP contribution < -0.4 is 0 Å². The molecule has 0 N–H and O–H groups in total. The Balaban J connectivity index is 1.56. The van der Waals surface area contributed by atoms with Crippen LogP contribution in [-0.2, 0) is 17.9 Å². The van der Waals surface area contributed by atoms with Crippen LogP contribution >= 0.6 is 34.5 Å². The van der Waals surface area contributed by atoms with E-state index < -0.39 is 0 Å². The summed E-state index contributed by atoms with van der Waals surface area (Å²) in [4.78, 5) is 23.6. The summed E-state index contributed by atoms with van der Waals surface area (Å²) in [5.74, 6) is -0.133. The smallest absolute Gasteiger partial charge is 0.247 e. The zero-order valence-electron chi connectivity index (χ0n) is 15.8. The third kappa shape index (κ3) is 5.05. The topological polar surface area (TPSA) is 46.1 Å². The lowest BCUT2D eigenvalue weighted by molar-refractivity contribution is -0.127. The maximum atomic E-state index is 13.0. The average Bonchev–Trinajstić information content (AvgIpc) is 3.18. The first-order chi connectivity index (χ1) is 14.6. The van der Waals surface area contributed by atoms with Gasteiger partial charge in [-0.1, -0.05) is 47.5 Å². The van der Waals surface area contributed by atoms with Crippen LogP contribution in [0.2, 0.25) is 10.0 Å². The number of aromatic nitrogens is 2. The molecule has 0 saturated carbocycles. The summed E-state index contributed by atoms with van der Waals surface area (Å²) < 4.78 is 1.09. The highest BCUT2D eigenvalue weighted by molar-refractivity contribution is 7.19. The maximum absolute atomic E-state index is 13.0. The Morgan fingerprint density at radius 1 is 1.00 bits per heavy atom. The molecule has 2 aromatic carbocycles. The van der Waals surface area contributed by atoms with E-state index in [9.17, 15) is 4.79 Å². The van der Waals surface area contributed by atoms with E-state index in [-0.39, 0.29) is 5.91 Å². The molecule has 2 heterocycles. The van der Waals surface area contributed by atoms with Crippen molar-refractivity contribution >= 4 is 56.7 Å². The molecule has 0 unspecified atom stereocenters. The van der Waals surface area contributed by atoms with Crippen molar-refractivity contribution in [3.05, 3.63) is 99.2 Å². The largest absolute Gasteiger partial charge is 0.329 e. The van der Waals surface area contributed by atoms with E-state index in [4.69, 9.17) is 23.2 Å². The van der Waals surface area contributed by atoms with Crippen molar-refractivity contribution in [2.75, 3.05) is 0 Å². The number of amides is 1. The summed E-state index contributed by atoms with van der Waals surface area (Å²) >= 11 is 13.7. The van der Waals surface area contributed by atoms with Crippen LogP contribution in [0.4, 0.5) is 0 Å². The number of carbonyl (C=O) groups excluding carboxylic acids is 1. The SMILES string of the molecule is O=C(/C=C/c1nc2ccccc2s1)N(Cc1ccc(Cl)c(Cl)c1)Cc1ccccn1. The molecule has 0 radical (unpaired) electrons. The second-order valence-corrected chi connectivity index (χ2v) is 8.49. The monoisotopic (exact) mass is 453 g/mol. The molecule has 0 spiro atoms. The summed E-state index contributed by atoms with van der Waals surface area (Å²) in [5.41, 5.74) is 2.62. The van der Waals surface area contributed by atoms with E-state index in [1.165, 1.54) is 0 Å². The summed E-state index contributed by atoms with van der Waals surface area (Å²) in [5, 5.41) is 1.74. The molecule has 150 valence electrons. The molecule has 0 aliphatic heterocycles. The average molecular weight is 454 g/mol. The Kier molecular flexibility index (Phi) is 6.43. The Morgan fingerprint density at radius 3 is 2.60 bits per heavy atom. The van der Waals surface area contributed by atoms with Crippen LogP contribution in [-0.4, -0.2) is 20.8 Å². The van der Waals surface area contributed by atoms with Gasteiger partial charge < -0.3 is 4.90 Å². The molecule has 0 fully saturated rings. The highest BCUT2D eigenvalue weighted by Crippen LogP contribution is 2.24. The van der Waals surface area contributed by atoms with Gasteiger partial charge >= 0.3 is 0 Å². The van der Waals surface area contributed by atoms with Gasteiger partial charge in [0.05, 0.1) is 32.5 Å². The molecule has 0 bridgehead atoms. The van der Waals surface area contributed by atoms with Gasteiger partial charge in [0.1, 0.15) is 5.01 Å². The van der Waals surface area contributed by atoms with Gasteiger partial charge in [-0.25, -0.2) is 4.98 Å². The lowest BCUT2D eigenvalue weighted by atomic mass is 10.2. The number of carbonyl (C=O) groups is 1. The quantitative estimate of drug-likeness (QED) is 0.324. The molecule has 4 nitrogen and oxygen atoms in total. The van der Waals surface area contributed by atoms with Gasteiger partial charge in [0.15, 0.2) is 0 Å². The minimum absolute atomic E-state index is 0.133. The number of thiazole rings is 1. The standard InChI is InChI=1S/C23H17Cl2N3OS/c24-18-9-8-16(13-19(18)25)14-28(15-17-5-3-4-12-26-17)23(29)11-10-22-27-20-6-1-2-7-21(20)30-22/h1-13H,14-15H2/b11-10+. The lowest BCUT2D eigenvalue weighted by Crippen LogP contribution is -2.28. The van der Waals surface area contributed by atoms with Gasteiger partial charge in [-0.2, -0.15) is 0 Å².